The van der Waals surface area contributed by atoms with Gasteiger partial charge in [0.15, 0.2) is 11.5 Å². The van der Waals surface area contributed by atoms with Crippen molar-refractivity contribution in [2.45, 2.75) is 38.2 Å². The Labute approximate surface area is 164 Å². The second-order valence-electron chi connectivity index (χ2n) is 6.71. The van der Waals surface area contributed by atoms with Gasteiger partial charge in [-0.2, -0.15) is 0 Å². The van der Waals surface area contributed by atoms with Crippen molar-refractivity contribution in [1.29, 1.82) is 0 Å². The van der Waals surface area contributed by atoms with Gasteiger partial charge in [0.1, 0.15) is 0 Å². The monoisotopic (exact) mass is 383 g/mol. The first-order valence-electron chi connectivity index (χ1n) is 9.48. The van der Waals surface area contributed by atoms with E-state index in [-0.39, 0.29) is 6.10 Å². The Balaban J connectivity index is 1.50. The van der Waals surface area contributed by atoms with E-state index in [4.69, 9.17) is 9.47 Å². The number of methoxy groups -OCH3 is 1. The second kappa shape index (κ2) is 9.73. The minimum Gasteiger partial charge on any atom is -0.493 e. The Kier molecular flexibility index (Phi) is 6.84. The highest BCUT2D eigenvalue weighted by Crippen LogP contribution is 2.32. The maximum atomic E-state index is 11.9. The lowest BCUT2D eigenvalue weighted by atomic mass is 10.1. The molecule has 1 fully saturated rings. The molecular formula is C21H25N3O4. The number of pyridine rings is 1. The summed E-state index contributed by atoms with van der Waals surface area (Å²) < 4.78 is 11.5. The van der Waals surface area contributed by atoms with Crippen molar-refractivity contribution in [2.75, 3.05) is 19.0 Å². The molecule has 0 aliphatic heterocycles. The Morgan fingerprint density at radius 3 is 2.68 bits per heavy atom. The molecule has 1 saturated carbocycles. The van der Waals surface area contributed by atoms with Gasteiger partial charge in [-0.15, -0.1) is 0 Å². The van der Waals surface area contributed by atoms with Crippen molar-refractivity contribution in [1.82, 2.24) is 10.3 Å². The number of carbonyl (C=O) groups is 2. The molecule has 28 heavy (non-hydrogen) atoms. The van der Waals surface area contributed by atoms with Crippen LogP contribution < -0.4 is 20.1 Å². The average molecular weight is 383 g/mol. The van der Waals surface area contributed by atoms with E-state index in [1.165, 1.54) is 19.0 Å². The second-order valence-corrected chi connectivity index (χ2v) is 6.71. The number of nitrogens with one attached hydrogen (secondary N) is 2. The quantitative estimate of drug-likeness (QED) is 0.718. The molecular weight excluding hydrogens is 358 g/mol. The number of amides is 2. The lowest BCUT2D eigenvalue weighted by Gasteiger charge is -2.17. The molecule has 2 amide bonds. The molecule has 1 aliphatic carbocycles. The smallest absolute Gasteiger partial charge is 0.313 e. The van der Waals surface area contributed by atoms with E-state index in [2.05, 4.69) is 15.6 Å². The summed E-state index contributed by atoms with van der Waals surface area (Å²) in [6, 6.07) is 9.10. The van der Waals surface area contributed by atoms with E-state index >= 15 is 0 Å². The van der Waals surface area contributed by atoms with E-state index in [0.717, 1.165) is 24.2 Å². The zero-order valence-electron chi connectivity index (χ0n) is 15.9. The van der Waals surface area contributed by atoms with Crippen molar-refractivity contribution in [2.24, 2.45) is 0 Å². The van der Waals surface area contributed by atoms with Crippen molar-refractivity contribution in [3.63, 3.8) is 0 Å². The Hall–Kier alpha value is -3.09. The number of carbonyl (C=O) groups excluding carboxylic acids is 2. The lowest BCUT2D eigenvalue weighted by Crippen LogP contribution is -2.36. The van der Waals surface area contributed by atoms with Gasteiger partial charge in [0.05, 0.1) is 25.1 Å². The molecule has 0 radical (unpaired) electrons. The van der Waals surface area contributed by atoms with Crippen LogP contribution in [0.15, 0.2) is 42.7 Å². The number of nitrogens with zero attached hydrogens (tertiary/aromatic N) is 1. The molecule has 1 aliphatic rings. The molecule has 1 aromatic carbocycles. The van der Waals surface area contributed by atoms with Crippen LogP contribution in [0, 0.1) is 0 Å². The predicted molar refractivity (Wildman–Crippen MR) is 105 cm³/mol. The van der Waals surface area contributed by atoms with E-state index in [9.17, 15) is 9.59 Å². The highest BCUT2D eigenvalue weighted by Gasteiger charge is 2.19. The summed E-state index contributed by atoms with van der Waals surface area (Å²) in [5.74, 6) is 0.0378. The minimum absolute atomic E-state index is 0.236. The standard InChI is InChI=1S/C21H25N3O4/c1-27-18-9-8-15(13-19(18)28-17-6-2-3-7-17)10-12-23-20(25)21(26)24-16-5-4-11-22-14-16/h4-5,8-9,11,13-14,17H,2-3,6-7,10,12H2,1H3,(H,23,25)(H,24,26). The molecule has 0 spiro atoms. The molecule has 7 nitrogen and oxygen atoms in total. The zero-order chi connectivity index (χ0) is 19.8. The average Bonchev–Trinajstić information content (AvgIpc) is 3.22. The van der Waals surface area contributed by atoms with Crippen molar-refractivity contribution in [3.8, 4) is 11.5 Å². The van der Waals surface area contributed by atoms with Crippen molar-refractivity contribution < 1.29 is 19.1 Å². The molecule has 0 bridgehead atoms. The van der Waals surface area contributed by atoms with Crippen LogP contribution in [-0.4, -0.2) is 36.6 Å². The molecule has 148 valence electrons. The zero-order valence-corrected chi connectivity index (χ0v) is 15.9. The number of rotatable bonds is 7. The van der Waals surface area contributed by atoms with Gasteiger partial charge in [0.25, 0.3) is 0 Å². The largest absolute Gasteiger partial charge is 0.493 e. The Morgan fingerprint density at radius 2 is 1.96 bits per heavy atom. The summed E-state index contributed by atoms with van der Waals surface area (Å²) in [7, 11) is 1.62. The lowest BCUT2D eigenvalue weighted by molar-refractivity contribution is -0.136. The summed E-state index contributed by atoms with van der Waals surface area (Å²) >= 11 is 0. The molecule has 0 unspecified atom stereocenters. The number of hydrogen-bond donors (Lipinski definition) is 2. The summed E-state index contributed by atoms with van der Waals surface area (Å²) in [5, 5.41) is 5.13. The fourth-order valence-electron chi connectivity index (χ4n) is 3.18. The van der Waals surface area contributed by atoms with Gasteiger partial charge in [0.2, 0.25) is 0 Å². The van der Waals surface area contributed by atoms with Crippen LogP contribution in [0.2, 0.25) is 0 Å². The number of hydrogen-bond acceptors (Lipinski definition) is 5. The molecule has 0 atom stereocenters. The van der Waals surface area contributed by atoms with Crippen LogP contribution in [0.1, 0.15) is 31.2 Å². The third-order valence-corrected chi connectivity index (χ3v) is 4.65. The topological polar surface area (TPSA) is 89.5 Å². The fourth-order valence-corrected chi connectivity index (χ4v) is 3.18. The molecule has 0 saturated heterocycles. The first kappa shape index (κ1) is 19.7. The van der Waals surface area contributed by atoms with Gasteiger partial charge in [-0.05, 0) is 61.9 Å². The SMILES string of the molecule is COc1ccc(CCNC(=O)C(=O)Nc2cccnc2)cc1OC1CCCC1. The summed E-state index contributed by atoms with van der Waals surface area (Å²) in [6.07, 6.45) is 8.41. The van der Waals surface area contributed by atoms with Gasteiger partial charge >= 0.3 is 11.8 Å². The van der Waals surface area contributed by atoms with E-state index in [1.807, 2.05) is 18.2 Å². The number of benzene rings is 1. The molecule has 1 heterocycles. The first-order chi connectivity index (χ1) is 13.7. The number of ether oxygens (including phenoxy) is 2. The fraction of sp³-hybridized carbons (Fsp3) is 0.381. The van der Waals surface area contributed by atoms with Crippen LogP contribution in [0.4, 0.5) is 5.69 Å². The van der Waals surface area contributed by atoms with E-state index < -0.39 is 11.8 Å². The first-order valence-corrected chi connectivity index (χ1v) is 9.48. The summed E-state index contributed by atoms with van der Waals surface area (Å²) in [5.41, 5.74) is 1.48. The third-order valence-electron chi connectivity index (χ3n) is 4.65. The molecule has 2 N–H and O–H groups in total. The number of aromatic nitrogens is 1. The Bertz CT molecular complexity index is 805. The van der Waals surface area contributed by atoms with E-state index in [1.54, 1.807) is 25.4 Å². The van der Waals surface area contributed by atoms with Gasteiger partial charge in [0, 0.05) is 12.7 Å². The Morgan fingerprint density at radius 1 is 1.14 bits per heavy atom. The highest BCUT2D eigenvalue weighted by atomic mass is 16.5. The van der Waals surface area contributed by atoms with Gasteiger partial charge < -0.3 is 20.1 Å². The minimum atomic E-state index is -0.715. The molecule has 1 aromatic heterocycles. The van der Waals surface area contributed by atoms with Crippen LogP contribution in [0.5, 0.6) is 11.5 Å². The van der Waals surface area contributed by atoms with Crippen LogP contribution >= 0.6 is 0 Å². The van der Waals surface area contributed by atoms with Gasteiger partial charge in [-0.25, -0.2) is 0 Å². The molecule has 2 aromatic rings. The maximum absolute atomic E-state index is 11.9. The van der Waals surface area contributed by atoms with Crippen LogP contribution in [0.25, 0.3) is 0 Å². The third kappa shape index (κ3) is 5.45. The van der Waals surface area contributed by atoms with Gasteiger partial charge in [-0.1, -0.05) is 6.07 Å². The summed E-state index contributed by atoms with van der Waals surface area (Å²) in [6.45, 7) is 0.342. The normalized spacial score (nSPS) is 13.8. The van der Waals surface area contributed by atoms with Crippen molar-refractivity contribution >= 4 is 17.5 Å². The van der Waals surface area contributed by atoms with E-state index in [0.29, 0.717) is 24.4 Å². The predicted octanol–water partition coefficient (Wildman–Crippen LogP) is 2.71. The number of anilines is 1. The summed E-state index contributed by atoms with van der Waals surface area (Å²) in [4.78, 5) is 27.7. The van der Waals surface area contributed by atoms with Crippen LogP contribution in [0.3, 0.4) is 0 Å². The highest BCUT2D eigenvalue weighted by molar-refractivity contribution is 6.39. The maximum Gasteiger partial charge on any atom is 0.313 e. The molecule has 7 heteroatoms. The van der Waals surface area contributed by atoms with Gasteiger partial charge in [-0.3, -0.25) is 14.6 Å². The van der Waals surface area contributed by atoms with Crippen molar-refractivity contribution in [3.05, 3.63) is 48.3 Å². The molecule has 3 rings (SSSR count). The van der Waals surface area contributed by atoms with Crippen LogP contribution in [-0.2, 0) is 16.0 Å².